The molecule has 4 nitrogen and oxygen atoms in total. The Balaban J connectivity index is 1.61. The van der Waals surface area contributed by atoms with E-state index in [1.165, 1.54) is 19.3 Å². The number of ether oxygens (including phenoxy) is 1. The first-order chi connectivity index (χ1) is 8.75. The minimum Gasteiger partial charge on any atom is -0.378 e. The lowest BCUT2D eigenvalue weighted by Gasteiger charge is -2.23. The van der Waals surface area contributed by atoms with Crippen molar-refractivity contribution in [1.82, 2.24) is 10.6 Å². The third-order valence-corrected chi connectivity index (χ3v) is 4.16. The molecular formula is C14H26N2O2. The van der Waals surface area contributed by atoms with E-state index < -0.39 is 0 Å². The summed E-state index contributed by atoms with van der Waals surface area (Å²) in [5.41, 5.74) is 0. The van der Waals surface area contributed by atoms with Crippen LogP contribution >= 0.6 is 0 Å². The maximum absolute atomic E-state index is 11.9. The summed E-state index contributed by atoms with van der Waals surface area (Å²) < 4.78 is 5.64. The first-order valence-corrected chi connectivity index (χ1v) is 7.37. The van der Waals surface area contributed by atoms with Crippen molar-refractivity contribution < 1.29 is 9.53 Å². The molecule has 0 aromatic heterocycles. The molecule has 2 N–H and O–H groups in total. The van der Waals surface area contributed by atoms with E-state index >= 15 is 0 Å². The number of nitrogens with one attached hydrogen (secondary N) is 2. The summed E-state index contributed by atoms with van der Waals surface area (Å²) in [6.45, 7) is 5.11. The predicted molar refractivity (Wildman–Crippen MR) is 71.4 cm³/mol. The van der Waals surface area contributed by atoms with Gasteiger partial charge in [-0.25, -0.2) is 0 Å². The van der Waals surface area contributed by atoms with Gasteiger partial charge in [0, 0.05) is 19.1 Å². The zero-order valence-electron chi connectivity index (χ0n) is 11.4. The zero-order chi connectivity index (χ0) is 12.8. The third-order valence-electron chi connectivity index (χ3n) is 4.16. The molecule has 0 saturated carbocycles. The second-order valence-electron chi connectivity index (χ2n) is 5.64. The Hall–Kier alpha value is -0.610. The molecule has 0 aromatic rings. The molecule has 104 valence electrons. The van der Waals surface area contributed by atoms with E-state index in [1.54, 1.807) is 0 Å². The lowest BCUT2D eigenvalue weighted by molar-refractivity contribution is -0.123. The smallest absolute Gasteiger partial charge is 0.220 e. The molecule has 0 radical (unpaired) electrons. The fraction of sp³-hybridized carbons (Fsp3) is 0.929. The average Bonchev–Trinajstić information content (AvgIpc) is 2.91. The number of carbonyl (C=O) groups is 1. The summed E-state index contributed by atoms with van der Waals surface area (Å²) in [6.07, 6.45) is 6.51. The fourth-order valence-electron chi connectivity index (χ4n) is 2.87. The van der Waals surface area contributed by atoms with Gasteiger partial charge in [-0.3, -0.25) is 4.79 Å². The Labute approximate surface area is 110 Å². The lowest BCUT2D eigenvalue weighted by Crippen LogP contribution is -2.39. The number of amides is 1. The van der Waals surface area contributed by atoms with E-state index in [0.717, 1.165) is 32.5 Å². The van der Waals surface area contributed by atoms with Crippen molar-refractivity contribution in [3.05, 3.63) is 0 Å². The Morgan fingerprint density at radius 3 is 3.00 bits per heavy atom. The van der Waals surface area contributed by atoms with Gasteiger partial charge < -0.3 is 15.4 Å². The molecule has 3 unspecified atom stereocenters. The highest BCUT2D eigenvalue weighted by Crippen LogP contribution is 2.17. The van der Waals surface area contributed by atoms with Crippen molar-refractivity contribution in [2.45, 2.75) is 57.6 Å². The van der Waals surface area contributed by atoms with Crippen LogP contribution in [0, 0.1) is 5.92 Å². The van der Waals surface area contributed by atoms with Gasteiger partial charge in [-0.15, -0.1) is 0 Å². The van der Waals surface area contributed by atoms with Crippen molar-refractivity contribution in [2.75, 3.05) is 19.7 Å². The fourth-order valence-corrected chi connectivity index (χ4v) is 2.87. The Morgan fingerprint density at radius 2 is 2.33 bits per heavy atom. The van der Waals surface area contributed by atoms with Crippen molar-refractivity contribution in [3.8, 4) is 0 Å². The predicted octanol–water partition coefficient (Wildman–Crippen LogP) is 1.45. The van der Waals surface area contributed by atoms with Crippen LogP contribution in [0.3, 0.4) is 0 Å². The van der Waals surface area contributed by atoms with Gasteiger partial charge in [-0.2, -0.15) is 0 Å². The standard InChI is InChI=1S/C14H26N2O2/c1-11(12-7-8-15-10-12)16-14(17)6-5-13-4-2-3-9-18-13/h11-13,15H,2-10H2,1H3,(H,16,17). The Bertz CT molecular complexity index is 259. The van der Waals surface area contributed by atoms with Crippen LogP contribution in [0.15, 0.2) is 0 Å². The molecule has 4 heteroatoms. The summed E-state index contributed by atoms with van der Waals surface area (Å²) in [6, 6.07) is 0.291. The van der Waals surface area contributed by atoms with Gasteiger partial charge in [0.15, 0.2) is 0 Å². The summed E-state index contributed by atoms with van der Waals surface area (Å²) >= 11 is 0. The largest absolute Gasteiger partial charge is 0.378 e. The van der Waals surface area contributed by atoms with E-state index in [0.29, 0.717) is 24.5 Å². The molecule has 2 fully saturated rings. The maximum atomic E-state index is 11.9. The normalized spacial score (nSPS) is 30.1. The first kappa shape index (κ1) is 13.8. The van der Waals surface area contributed by atoms with E-state index in [1.807, 2.05) is 0 Å². The van der Waals surface area contributed by atoms with Gasteiger partial charge in [0.25, 0.3) is 0 Å². The molecule has 0 aliphatic carbocycles. The number of hydrogen-bond acceptors (Lipinski definition) is 3. The second kappa shape index (κ2) is 7.10. The number of hydrogen-bond donors (Lipinski definition) is 2. The molecule has 1 amide bonds. The Kier molecular flexibility index (Phi) is 5.45. The molecule has 18 heavy (non-hydrogen) atoms. The molecular weight excluding hydrogens is 228 g/mol. The summed E-state index contributed by atoms with van der Waals surface area (Å²) in [7, 11) is 0. The van der Waals surface area contributed by atoms with E-state index in [4.69, 9.17) is 4.74 Å². The van der Waals surface area contributed by atoms with E-state index in [9.17, 15) is 4.79 Å². The molecule has 3 atom stereocenters. The molecule has 2 saturated heterocycles. The highest BCUT2D eigenvalue weighted by molar-refractivity contribution is 5.76. The van der Waals surface area contributed by atoms with Crippen LogP contribution in [0.1, 0.15) is 45.4 Å². The zero-order valence-corrected chi connectivity index (χ0v) is 11.4. The highest BCUT2D eigenvalue weighted by Gasteiger charge is 2.23. The van der Waals surface area contributed by atoms with Gasteiger partial charge in [-0.05, 0) is 58.0 Å². The molecule has 2 rings (SSSR count). The van der Waals surface area contributed by atoms with Gasteiger partial charge in [-0.1, -0.05) is 0 Å². The van der Waals surface area contributed by atoms with Crippen molar-refractivity contribution in [3.63, 3.8) is 0 Å². The molecule has 2 aliphatic heterocycles. The molecule has 0 bridgehead atoms. The minimum absolute atomic E-state index is 0.184. The summed E-state index contributed by atoms with van der Waals surface area (Å²) in [4.78, 5) is 11.9. The molecule has 2 aliphatic rings. The van der Waals surface area contributed by atoms with Crippen LogP contribution in [-0.2, 0) is 9.53 Å². The van der Waals surface area contributed by atoms with Gasteiger partial charge >= 0.3 is 0 Å². The number of carbonyl (C=O) groups excluding carboxylic acids is 1. The first-order valence-electron chi connectivity index (χ1n) is 7.37. The van der Waals surface area contributed by atoms with Crippen LogP contribution in [-0.4, -0.2) is 37.7 Å². The van der Waals surface area contributed by atoms with Crippen LogP contribution in [0.2, 0.25) is 0 Å². The van der Waals surface area contributed by atoms with Crippen LogP contribution < -0.4 is 10.6 Å². The van der Waals surface area contributed by atoms with Crippen molar-refractivity contribution in [2.24, 2.45) is 5.92 Å². The molecule has 0 spiro atoms. The quantitative estimate of drug-likeness (QED) is 0.781. The molecule has 2 heterocycles. The topological polar surface area (TPSA) is 50.4 Å². The monoisotopic (exact) mass is 254 g/mol. The van der Waals surface area contributed by atoms with Gasteiger partial charge in [0.05, 0.1) is 6.10 Å². The third kappa shape index (κ3) is 4.25. The summed E-state index contributed by atoms with van der Waals surface area (Å²) in [5, 5.41) is 6.47. The van der Waals surface area contributed by atoms with Gasteiger partial charge in [0.1, 0.15) is 0 Å². The summed E-state index contributed by atoms with van der Waals surface area (Å²) in [5.74, 6) is 0.781. The number of rotatable bonds is 5. The SMILES string of the molecule is CC(NC(=O)CCC1CCCCO1)C1CCNC1. The second-order valence-corrected chi connectivity index (χ2v) is 5.64. The Morgan fingerprint density at radius 1 is 1.44 bits per heavy atom. The van der Waals surface area contributed by atoms with Crippen LogP contribution in [0.25, 0.3) is 0 Å². The van der Waals surface area contributed by atoms with Crippen molar-refractivity contribution in [1.29, 1.82) is 0 Å². The van der Waals surface area contributed by atoms with E-state index in [-0.39, 0.29) is 5.91 Å². The van der Waals surface area contributed by atoms with Crippen LogP contribution in [0.4, 0.5) is 0 Å². The minimum atomic E-state index is 0.184. The van der Waals surface area contributed by atoms with Crippen LogP contribution in [0.5, 0.6) is 0 Å². The van der Waals surface area contributed by atoms with Crippen molar-refractivity contribution >= 4 is 5.91 Å². The average molecular weight is 254 g/mol. The maximum Gasteiger partial charge on any atom is 0.220 e. The van der Waals surface area contributed by atoms with E-state index in [2.05, 4.69) is 17.6 Å². The molecule has 0 aromatic carbocycles. The van der Waals surface area contributed by atoms with Gasteiger partial charge in [0.2, 0.25) is 5.91 Å². The lowest BCUT2D eigenvalue weighted by atomic mass is 10.00. The highest BCUT2D eigenvalue weighted by atomic mass is 16.5.